The molecule has 0 saturated carbocycles. The maximum Gasteiger partial charge on any atom is 0.319 e. The van der Waals surface area contributed by atoms with Gasteiger partial charge in [0.25, 0.3) is 0 Å². The number of nitrogens with one attached hydrogen (secondary N) is 2. The lowest BCUT2D eigenvalue weighted by Crippen LogP contribution is -2.30. The van der Waals surface area contributed by atoms with Crippen LogP contribution in [-0.2, 0) is 0 Å². The number of amides is 2. The van der Waals surface area contributed by atoms with E-state index in [2.05, 4.69) is 26.6 Å². The Morgan fingerprint density at radius 1 is 0.966 bits per heavy atom. The van der Waals surface area contributed by atoms with Gasteiger partial charge in [-0.3, -0.25) is 0 Å². The summed E-state index contributed by atoms with van der Waals surface area (Å²) in [6.45, 7) is 0.933. The summed E-state index contributed by atoms with van der Waals surface area (Å²) >= 11 is 9.45. The molecule has 150 valence electrons. The number of ether oxygens (including phenoxy) is 2. The van der Waals surface area contributed by atoms with E-state index in [0.29, 0.717) is 41.8 Å². The molecule has 0 aliphatic rings. The van der Waals surface area contributed by atoms with Crippen LogP contribution >= 0.6 is 27.5 Å². The molecule has 0 unspecified atom stereocenters. The van der Waals surface area contributed by atoms with Gasteiger partial charge in [0.15, 0.2) is 0 Å². The zero-order chi connectivity index (χ0) is 20.5. The van der Waals surface area contributed by atoms with Gasteiger partial charge in [0.2, 0.25) is 0 Å². The second kappa shape index (κ2) is 10.7. The van der Waals surface area contributed by atoms with Gasteiger partial charge in [0, 0.05) is 16.7 Å². The van der Waals surface area contributed by atoms with Crippen molar-refractivity contribution in [2.45, 2.75) is 6.42 Å². The summed E-state index contributed by atoms with van der Waals surface area (Å²) in [6, 6.07) is 21.9. The van der Waals surface area contributed by atoms with Gasteiger partial charge in [-0.15, -0.1) is 0 Å². The molecule has 3 aromatic rings. The average Bonchev–Trinajstić information content (AvgIpc) is 2.71. The van der Waals surface area contributed by atoms with Crippen molar-refractivity contribution in [3.63, 3.8) is 0 Å². The molecule has 5 nitrogen and oxygen atoms in total. The van der Waals surface area contributed by atoms with Gasteiger partial charge in [-0.05, 0) is 61.0 Å². The SMILES string of the molecule is O=C(NCCCOc1ccc(Br)cc1Cl)Nc1ccc(Oc2ccccc2)cc1. The fourth-order valence-corrected chi connectivity index (χ4v) is 3.18. The summed E-state index contributed by atoms with van der Waals surface area (Å²) in [7, 11) is 0. The maximum atomic E-state index is 12.0. The van der Waals surface area contributed by atoms with Crippen LogP contribution in [0.25, 0.3) is 0 Å². The molecule has 0 aromatic heterocycles. The van der Waals surface area contributed by atoms with Gasteiger partial charge < -0.3 is 20.1 Å². The van der Waals surface area contributed by atoms with E-state index in [-0.39, 0.29) is 6.03 Å². The second-order valence-corrected chi connectivity index (χ2v) is 7.42. The molecule has 29 heavy (non-hydrogen) atoms. The molecular weight excluding hydrogens is 456 g/mol. The molecule has 7 heteroatoms. The van der Waals surface area contributed by atoms with Gasteiger partial charge in [-0.2, -0.15) is 0 Å². The summed E-state index contributed by atoms with van der Waals surface area (Å²) in [5, 5.41) is 6.12. The van der Waals surface area contributed by atoms with Crippen molar-refractivity contribution in [3.8, 4) is 17.2 Å². The monoisotopic (exact) mass is 474 g/mol. The van der Waals surface area contributed by atoms with Crippen LogP contribution in [0.1, 0.15) is 6.42 Å². The van der Waals surface area contributed by atoms with E-state index in [4.69, 9.17) is 21.1 Å². The molecule has 0 atom stereocenters. The molecule has 0 saturated heterocycles. The van der Waals surface area contributed by atoms with E-state index in [1.54, 1.807) is 36.4 Å². The topological polar surface area (TPSA) is 59.6 Å². The van der Waals surface area contributed by atoms with E-state index >= 15 is 0 Å². The lowest BCUT2D eigenvalue weighted by Gasteiger charge is -2.10. The van der Waals surface area contributed by atoms with Crippen molar-refractivity contribution < 1.29 is 14.3 Å². The second-order valence-electron chi connectivity index (χ2n) is 6.10. The molecule has 3 rings (SSSR count). The lowest BCUT2D eigenvalue weighted by atomic mass is 10.3. The minimum Gasteiger partial charge on any atom is -0.492 e. The predicted octanol–water partition coefficient (Wildman–Crippen LogP) is 6.49. The fourth-order valence-electron chi connectivity index (χ4n) is 2.45. The number of urea groups is 1. The molecule has 0 spiro atoms. The molecule has 3 aromatic carbocycles. The highest BCUT2D eigenvalue weighted by atomic mass is 79.9. The van der Waals surface area contributed by atoms with Crippen molar-refractivity contribution in [2.75, 3.05) is 18.5 Å². The number of halogens is 2. The quantitative estimate of drug-likeness (QED) is 0.366. The van der Waals surface area contributed by atoms with Gasteiger partial charge in [0.05, 0.1) is 11.6 Å². The Hall–Kier alpha value is -2.70. The van der Waals surface area contributed by atoms with E-state index in [9.17, 15) is 4.79 Å². The zero-order valence-corrected chi connectivity index (χ0v) is 17.9. The summed E-state index contributed by atoms with van der Waals surface area (Å²) in [5.41, 5.74) is 0.681. The van der Waals surface area contributed by atoms with Crippen molar-refractivity contribution in [3.05, 3.63) is 82.3 Å². The maximum absolute atomic E-state index is 12.0. The summed E-state index contributed by atoms with van der Waals surface area (Å²) < 4.78 is 12.2. The van der Waals surface area contributed by atoms with Crippen LogP contribution in [0.3, 0.4) is 0 Å². The first-order valence-corrected chi connectivity index (χ1v) is 10.2. The smallest absolute Gasteiger partial charge is 0.319 e. The minimum absolute atomic E-state index is 0.275. The number of anilines is 1. The number of rotatable bonds is 8. The zero-order valence-electron chi connectivity index (χ0n) is 15.5. The Kier molecular flexibility index (Phi) is 7.78. The van der Waals surface area contributed by atoms with E-state index in [0.717, 1.165) is 10.2 Å². The molecule has 2 amide bonds. The minimum atomic E-state index is -0.275. The number of para-hydroxylation sites is 1. The number of hydrogen-bond donors (Lipinski definition) is 2. The van der Waals surface area contributed by atoms with E-state index in [1.807, 2.05) is 36.4 Å². The summed E-state index contributed by atoms with van der Waals surface area (Å²) in [6.07, 6.45) is 0.656. The Morgan fingerprint density at radius 2 is 1.69 bits per heavy atom. The molecule has 0 bridgehead atoms. The Labute approximate surface area is 183 Å². The highest BCUT2D eigenvalue weighted by Gasteiger charge is 2.04. The third-order valence-corrected chi connectivity index (χ3v) is 4.64. The van der Waals surface area contributed by atoms with Crippen molar-refractivity contribution >= 4 is 39.2 Å². The third-order valence-electron chi connectivity index (χ3n) is 3.85. The molecule has 0 heterocycles. The standard InChI is InChI=1S/C22H20BrClN2O3/c23-16-7-12-21(20(24)15-16)28-14-4-13-25-22(27)26-17-8-10-19(11-9-17)29-18-5-2-1-3-6-18/h1-3,5-12,15H,4,13-14H2,(H2,25,26,27). The number of carbonyl (C=O) groups excluding carboxylic acids is 1. The van der Waals surface area contributed by atoms with Gasteiger partial charge >= 0.3 is 6.03 Å². The van der Waals surface area contributed by atoms with Crippen molar-refractivity contribution in [1.82, 2.24) is 5.32 Å². The van der Waals surface area contributed by atoms with Crippen molar-refractivity contribution in [2.24, 2.45) is 0 Å². The van der Waals surface area contributed by atoms with Crippen LogP contribution < -0.4 is 20.1 Å². The lowest BCUT2D eigenvalue weighted by molar-refractivity contribution is 0.250. The normalized spacial score (nSPS) is 10.3. The average molecular weight is 476 g/mol. The summed E-state index contributed by atoms with van der Waals surface area (Å²) in [5.74, 6) is 2.08. The largest absolute Gasteiger partial charge is 0.492 e. The molecule has 0 fully saturated rings. The fraction of sp³-hybridized carbons (Fsp3) is 0.136. The van der Waals surface area contributed by atoms with E-state index in [1.165, 1.54) is 0 Å². The number of carbonyl (C=O) groups is 1. The van der Waals surface area contributed by atoms with Crippen molar-refractivity contribution in [1.29, 1.82) is 0 Å². The van der Waals surface area contributed by atoms with Gasteiger partial charge in [-0.1, -0.05) is 45.7 Å². The number of benzene rings is 3. The molecule has 0 aliphatic carbocycles. The van der Waals surface area contributed by atoms with Crippen LogP contribution in [-0.4, -0.2) is 19.2 Å². The number of hydrogen-bond acceptors (Lipinski definition) is 3. The van der Waals surface area contributed by atoms with Crippen LogP contribution in [0.2, 0.25) is 5.02 Å². The molecular formula is C22H20BrClN2O3. The first-order valence-electron chi connectivity index (χ1n) is 9.06. The molecule has 0 radical (unpaired) electrons. The van der Waals surface area contributed by atoms with Crippen LogP contribution in [0.4, 0.5) is 10.5 Å². The molecule has 2 N–H and O–H groups in total. The van der Waals surface area contributed by atoms with Gasteiger partial charge in [-0.25, -0.2) is 4.79 Å². The van der Waals surface area contributed by atoms with Crippen LogP contribution in [0, 0.1) is 0 Å². The Bertz CT molecular complexity index is 937. The van der Waals surface area contributed by atoms with E-state index < -0.39 is 0 Å². The van der Waals surface area contributed by atoms with Crippen LogP contribution in [0.5, 0.6) is 17.2 Å². The first-order chi connectivity index (χ1) is 14.1. The molecule has 0 aliphatic heterocycles. The third kappa shape index (κ3) is 7.00. The first kappa shape index (κ1) is 21.0. The Balaban J connectivity index is 1.36. The highest BCUT2D eigenvalue weighted by molar-refractivity contribution is 9.10. The summed E-state index contributed by atoms with van der Waals surface area (Å²) in [4.78, 5) is 12.0. The van der Waals surface area contributed by atoms with Gasteiger partial charge in [0.1, 0.15) is 17.2 Å². The predicted molar refractivity (Wildman–Crippen MR) is 119 cm³/mol. The Morgan fingerprint density at radius 3 is 2.41 bits per heavy atom. The highest BCUT2D eigenvalue weighted by Crippen LogP contribution is 2.27. The van der Waals surface area contributed by atoms with Crippen LogP contribution in [0.15, 0.2) is 77.3 Å².